The van der Waals surface area contributed by atoms with Gasteiger partial charge in [0.05, 0.1) is 0 Å². The summed E-state index contributed by atoms with van der Waals surface area (Å²) >= 11 is 0. The minimum Gasteiger partial charge on any atom is -0.375 e. The van der Waals surface area contributed by atoms with E-state index in [1.807, 2.05) is 5.92 Å². The van der Waals surface area contributed by atoms with Crippen LogP contribution in [0.15, 0.2) is 0 Å². The summed E-state index contributed by atoms with van der Waals surface area (Å²) in [4.78, 5) is 0. The van der Waals surface area contributed by atoms with E-state index >= 15 is 0 Å². The lowest BCUT2D eigenvalue weighted by Gasteiger charge is -2.07. The summed E-state index contributed by atoms with van der Waals surface area (Å²) in [5.74, 6) is 1.87. The quantitative estimate of drug-likeness (QED) is 0.473. The zero-order valence-electron chi connectivity index (χ0n) is 4.11. The first-order chi connectivity index (χ1) is 3.12. The molecule has 1 N–H and O–H groups in total. The van der Waals surface area contributed by atoms with Gasteiger partial charge in [0.2, 0.25) is 0 Å². The predicted molar refractivity (Wildman–Crippen MR) is 25.4 cm³/mol. The molecular weight excluding hydrogens is 95.1 g/mol. The molecule has 0 aromatic heterocycles. The molecule has 40 valence electrons. The molecular formula is C5H7FO. The first-order valence-corrected chi connectivity index (χ1v) is 1.88. The Hall–Kier alpha value is -0.550. The van der Waals surface area contributed by atoms with E-state index in [9.17, 15) is 4.39 Å². The molecule has 0 bridgehead atoms. The zero-order chi connectivity index (χ0) is 5.91. The Morgan fingerprint density at radius 1 is 2.00 bits per heavy atom. The molecule has 0 saturated heterocycles. The molecule has 2 heteroatoms. The molecule has 0 unspecified atom stereocenters. The number of halogens is 1. The van der Waals surface area contributed by atoms with Gasteiger partial charge in [-0.05, 0) is 6.92 Å². The number of rotatable bonds is 1. The van der Waals surface area contributed by atoms with Crippen molar-refractivity contribution in [2.45, 2.75) is 12.5 Å². The van der Waals surface area contributed by atoms with Crippen molar-refractivity contribution in [3.8, 4) is 12.3 Å². The number of aliphatic hydroxyl groups is 1. The fourth-order valence-corrected chi connectivity index (χ4v) is 0.0386. The van der Waals surface area contributed by atoms with Crippen molar-refractivity contribution in [3.63, 3.8) is 0 Å². The Labute approximate surface area is 42.2 Å². The van der Waals surface area contributed by atoms with Crippen LogP contribution in [0.2, 0.25) is 0 Å². The van der Waals surface area contributed by atoms with E-state index in [1.165, 1.54) is 6.92 Å². The second-order valence-electron chi connectivity index (χ2n) is 1.55. The highest BCUT2D eigenvalue weighted by molar-refractivity contribution is 5.03. The Bertz CT molecular complexity index is 90.7. The highest BCUT2D eigenvalue weighted by Gasteiger charge is 2.13. The summed E-state index contributed by atoms with van der Waals surface area (Å²) in [6.07, 6.45) is 4.68. The van der Waals surface area contributed by atoms with Gasteiger partial charge in [-0.1, -0.05) is 5.92 Å². The van der Waals surface area contributed by atoms with Crippen molar-refractivity contribution >= 4 is 0 Å². The molecule has 0 aliphatic carbocycles. The molecule has 0 aromatic rings. The summed E-state index contributed by atoms with van der Waals surface area (Å²) in [6, 6.07) is 0. The van der Waals surface area contributed by atoms with Gasteiger partial charge in [0.15, 0.2) is 5.60 Å². The van der Waals surface area contributed by atoms with Gasteiger partial charge in [0, 0.05) is 0 Å². The average Bonchev–Trinajstić information content (AvgIpc) is 1.68. The maximum Gasteiger partial charge on any atom is 0.150 e. The fourth-order valence-electron chi connectivity index (χ4n) is 0.0386. The lowest BCUT2D eigenvalue weighted by molar-refractivity contribution is 0.0907. The first-order valence-electron chi connectivity index (χ1n) is 1.88. The number of alkyl halides is 1. The van der Waals surface area contributed by atoms with Gasteiger partial charge in [-0.15, -0.1) is 6.42 Å². The Morgan fingerprint density at radius 3 is 2.43 bits per heavy atom. The van der Waals surface area contributed by atoms with Gasteiger partial charge >= 0.3 is 0 Å². The number of terminal acetylenes is 1. The minimum atomic E-state index is -1.56. The topological polar surface area (TPSA) is 20.2 Å². The standard InChI is InChI=1S/C5H7FO/c1-3-5(2,7)4-6/h1,7H,4H2,2H3/t5-/m1/s1. The lowest BCUT2D eigenvalue weighted by Crippen LogP contribution is -2.23. The third-order valence-corrected chi connectivity index (χ3v) is 0.571. The minimum absolute atomic E-state index is 0.885. The van der Waals surface area contributed by atoms with Gasteiger partial charge in [-0.25, -0.2) is 4.39 Å². The van der Waals surface area contributed by atoms with E-state index in [1.54, 1.807) is 0 Å². The summed E-state index contributed by atoms with van der Waals surface area (Å²) in [5.41, 5.74) is -1.56. The maximum atomic E-state index is 11.4. The van der Waals surface area contributed by atoms with Crippen molar-refractivity contribution in [1.29, 1.82) is 0 Å². The van der Waals surface area contributed by atoms with Crippen molar-refractivity contribution < 1.29 is 9.50 Å². The second kappa shape index (κ2) is 1.94. The third-order valence-electron chi connectivity index (χ3n) is 0.571. The van der Waals surface area contributed by atoms with E-state index < -0.39 is 12.3 Å². The molecule has 0 amide bonds. The van der Waals surface area contributed by atoms with E-state index in [0.29, 0.717) is 0 Å². The smallest absolute Gasteiger partial charge is 0.150 e. The molecule has 0 aliphatic heterocycles. The van der Waals surface area contributed by atoms with Crippen LogP contribution in [-0.4, -0.2) is 17.4 Å². The number of hydrogen-bond acceptors (Lipinski definition) is 1. The molecule has 7 heavy (non-hydrogen) atoms. The molecule has 0 rings (SSSR count). The Morgan fingerprint density at radius 2 is 2.43 bits per heavy atom. The zero-order valence-corrected chi connectivity index (χ0v) is 4.11. The molecule has 0 heterocycles. The summed E-state index contributed by atoms with van der Waals surface area (Å²) < 4.78 is 11.4. The molecule has 0 aliphatic rings. The lowest BCUT2D eigenvalue weighted by atomic mass is 10.1. The monoisotopic (exact) mass is 102 g/mol. The first kappa shape index (κ1) is 6.45. The van der Waals surface area contributed by atoms with E-state index in [2.05, 4.69) is 6.42 Å². The SMILES string of the molecule is C#C[C@@](C)(O)CF. The van der Waals surface area contributed by atoms with Crippen LogP contribution in [0.3, 0.4) is 0 Å². The molecule has 0 aromatic carbocycles. The van der Waals surface area contributed by atoms with Crippen molar-refractivity contribution in [1.82, 2.24) is 0 Å². The van der Waals surface area contributed by atoms with Crippen LogP contribution in [-0.2, 0) is 0 Å². The summed E-state index contributed by atoms with van der Waals surface area (Å²) in [5, 5.41) is 8.52. The number of hydrogen-bond donors (Lipinski definition) is 1. The van der Waals surface area contributed by atoms with Crippen LogP contribution in [0.5, 0.6) is 0 Å². The largest absolute Gasteiger partial charge is 0.375 e. The van der Waals surface area contributed by atoms with Gasteiger partial charge in [0.25, 0.3) is 0 Å². The van der Waals surface area contributed by atoms with Gasteiger partial charge < -0.3 is 5.11 Å². The van der Waals surface area contributed by atoms with Crippen LogP contribution in [0.1, 0.15) is 6.92 Å². The highest BCUT2D eigenvalue weighted by atomic mass is 19.1. The molecule has 1 atom stereocenters. The van der Waals surface area contributed by atoms with Gasteiger partial charge in [-0.3, -0.25) is 0 Å². The molecule has 1 nitrogen and oxygen atoms in total. The van der Waals surface area contributed by atoms with Gasteiger partial charge in [0.1, 0.15) is 6.67 Å². The van der Waals surface area contributed by atoms with Crippen molar-refractivity contribution in [2.75, 3.05) is 6.67 Å². The second-order valence-corrected chi connectivity index (χ2v) is 1.55. The maximum absolute atomic E-state index is 11.4. The molecule has 0 radical (unpaired) electrons. The third kappa shape index (κ3) is 2.18. The Kier molecular flexibility index (Phi) is 1.79. The molecule has 0 spiro atoms. The molecule has 0 saturated carbocycles. The van der Waals surface area contributed by atoms with Crippen LogP contribution in [0.4, 0.5) is 4.39 Å². The Balaban J connectivity index is 3.66. The van der Waals surface area contributed by atoms with Crippen molar-refractivity contribution in [2.24, 2.45) is 0 Å². The van der Waals surface area contributed by atoms with Crippen LogP contribution >= 0.6 is 0 Å². The highest BCUT2D eigenvalue weighted by Crippen LogP contribution is 1.98. The van der Waals surface area contributed by atoms with E-state index in [-0.39, 0.29) is 0 Å². The predicted octanol–water partition coefficient (Wildman–Crippen LogP) is 0.340. The van der Waals surface area contributed by atoms with Crippen LogP contribution in [0.25, 0.3) is 0 Å². The van der Waals surface area contributed by atoms with E-state index in [4.69, 9.17) is 5.11 Å². The summed E-state index contributed by atoms with van der Waals surface area (Å²) in [7, 11) is 0. The van der Waals surface area contributed by atoms with Crippen LogP contribution in [0, 0.1) is 12.3 Å². The van der Waals surface area contributed by atoms with Gasteiger partial charge in [-0.2, -0.15) is 0 Å². The van der Waals surface area contributed by atoms with Crippen LogP contribution < -0.4 is 0 Å². The summed E-state index contributed by atoms with van der Waals surface area (Å²) in [6.45, 7) is 0.358. The van der Waals surface area contributed by atoms with Crippen molar-refractivity contribution in [3.05, 3.63) is 0 Å². The molecule has 0 fully saturated rings. The normalized spacial score (nSPS) is 17.4. The van der Waals surface area contributed by atoms with E-state index in [0.717, 1.165) is 0 Å². The fraction of sp³-hybridized carbons (Fsp3) is 0.600. The average molecular weight is 102 g/mol.